The second-order valence-corrected chi connectivity index (χ2v) is 3.85. The minimum atomic E-state index is -0.963. The summed E-state index contributed by atoms with van der Waals surface area (Å²) in [6.07, 6.45) is 0. The van der Waals surface area contributed by atoms with E-state index in [1.54, 1.807) is 13.0 Å². The highest BCUT2D eigenvalue weighted by Gasteiger charge is 2.07. The first kappa shape index (κ1) is 13.2. The zero-order chi connectivity index (χ0) is 13.8. The van der Waals surface area contributed by atoms with Crippen molar-refractivity contribution in [2.75, 3.05) is 11.9 Å². The third kappa shape index (κ3) is 3.37. The van der Waals surface area contributed by atoms with Crippen molar-refractivity contribution in [1.82, 2.24) is 9.97 Å². The van der Waals surface area contributed by atoms with Crippen LogP contribution in [-0.2, 0) is 0 Å². The number of rotatable bonds is 4. The van der Waals surface area contributed by atoms with Gasteiger partial charge < -0.3 is 10.1 Å². The topological polar surface area (TPSA) is 47.0 Å². The van der Waals surface area contributed by atoms with Crippen LogP contribution in [0, 0.1) is 18.6 Å². The summed E-state index contributed by atoms with van der Waals surface area (Å²) in [6.45, 7) is 4.37. The Morgan fingerprint density at radius 1 is 1.16 bits per heavy atom. The molecule has 19 heavy (non-hydrogen) atoms. The van der Waals surface area contributed by atoms with E-state index in [2.05, 4.69) is 15.3 Å². The Kier molecular flexibility index (Phi) is 3.89. The zero-order valence-corrected chi connectivity index (χ0v) is 10.6. The number of nitrogens with zero attached hydrogens (tertiary/aromatic N) is 2. The van der Waals surface area contributed by atoms with Gasteiger partial charge in [0.25, 0.3) is 0 Å². The smallest absolute Gasteiger partial charge is 0.224 e. The van der Waals surface area contributed by atoms with Gasteiger partial charge in [0.05, 0.1) is 0 Å². The molecule has 0 amide bonds. The van der Waals surface area contributed by atoms with Crippen LogP contribution in [0.1, 0.15) is 12.7 Å². The van der Waals surface area contributed by atoms with Crippen molar-refractivity contribution in [3.63, 3.8) is 0 Å². The van der Waals surface area contributed by atoms with Gasteiger partial charge in [-0.3, -0.25) is 0 Å². The normalized spacial score (nSPS) is 10.3. The van der Waals surface area contributed by atoms with Crippen molar-refractivity contribution in [3.05, 3.63) is 41.7 Å². The molecule has 0 saturated carbocycles. The molecule has 2 aromatic rings. The van der Waals surface area contributed by atoms with Crippen molar-refractivity contribution < 1.29 is 13.5 Å². The highest BCUT2D eigenvalue weighted by molar-refractivity contribution is 5.39. The molecule has 0 bridgehead atoms. The molecule has 1 aromatic carbocycles. The first-order valence-corrected chi connectivity index (χ1v) is 5.81. The summed E-state index contributed by atoms with van der Waals surface area (Å²) in [5, 5.41) is 3.03. The van der Waals surface area contributed by atoms with Crippen LogP contribution in [0.2, 0.25) is 0 Å². The molecule has 0 aliphatic carbocycles. The first-order chi connectivity index (χ1) is 9.08. The number of hydrogen-bond acceptors (Lipinski definition) is 4. The Labute approximate surface area is 109 Å². The average molecular weight is 265 g/mol. The van der Waals surface area contributed by atoms with Crippen LogP contribution in [0.3, 0.4) is 0 Å². The van der Waals surface area contributed by atoms with E-state index in [0.717, 1.165) is 12.1 Å². The quantitative estimate of drug-likeness (QED) is 0.921. The number of ether oxygens (including phenoxy) is 1. The van der Waals surface area contributed by atoms with Gasteiger partial charge in [0.1, 0.15) is 17.4 Å². The van der Waals surface area contributed by atoms with Crippen molar-refractivity contribution >= 4 is 5.82 Å². The molecule has 0 atom stereocenters. The minimum Gasteiger partial charge on any atom is -0.439 e. The van der Waals surface area contributed by atoms with Crippen LogP contribution >= 0.6 is 0 Å². The fourth-order valence-electron chi connectivity index (χ4n) is 1.53. The number of anilines is 1. The van der Waals surface area contributed by atoms with Gasteiger partial charge in [0, 0.05) is 18.7 Å². The predicted molar refractivity (Wildman–Crippen MR) is 67.4 cm³/mol. The van der Waals surface area contributed by atoms with Crippen molar-refractivity contribution in [3.8, 4) is 11.6 Å². The summed E-state index contributed by atoms with van der Waals surface area (Å²) in [4.78, 5) is 8.23. The molecule has 0 spiro atoms. The molecular weight excluding hydrogens is 252 g/mol. The summed E-state index contributed by atoms with van der Waals surface area (Å²) >= 11 is 0. The van der Waals surface area contributed by atoms with E-state index in [1.165, 1.54) is 6.07 Å². The van der Waals surface area contributed by atoms with E-state index in [4.69, 9.17) is 4.74 Å². The molecule has 0 aliphatic rings. The van der Waals surface area contributed by atoms with E-state index >= 15 is 0 Å². The number of nitrogens with one attached hydrogen (secondary N) is 1. The van der Waals surface area contributed by atoms with Gasteiger partial charge in [-0.2, -0.15) is 4.98 Å². The molecule has 0 aliphatic heterocycles. The molecular formula is C13H13F2N3O. The summed E-state index contributed by atoms with van der Waals surface area (Å²) in [6, 6.07) is 4.91. The molecule has 0 radical (unpaired) electrons. The SMILES string of the molecule is CCNc1cc(Oc2ccc(F)c(F)c2)nc(C)n1. The van der Waals surface area contributed by atoms with Gasteiger partial charge in [-0.25, -0.2) is 13.8 Å². The van der Waals surface area contributed by atoms with E-state index in [9.17, 15) is 8.78 Å². The molecule has 1 heterocycles. The molecule has 4 nitrogen and oxygen atoms in total. The Balaban J connectivity index is 2.24. The van der Waals surface area contributed by atoms with Crippen molar-refractivity contribution in [1.29, 1.82) is 0 Å². The van der Waals surface area contributed by atoms with E-state index in [1.807, 2.05) is 6.92 Å². The summed E-state index contributed by atoms with van der Waals surface area (Å²) in [5.41, 5.74) is 0. The lowest BCUT2D eigenvalue weighted by Gasteiger charge is -2.08. The second kappa shape index (κ2) is 5.60. The number of aryl methyl sites for hydroxylation is 1. The van der Waals surface area contributed by atoms with Crippen LogP contribution < -0.4 is 10.1 Å². The highest BCUT2D eigenvalue weighted by atomic mass is 19.2. The fraction of sp³-hybridized carbons (Fsp3) is 0.231. The maximum Gasteiger partial charge on any atom is 0.224 e. The monoisotopic (exact) mass is 265 g/mol. The van der Waals surface area contributed by atoms with E-state index in [-0.39, 0.29) is 11.6 Å². The molecule has 100 valence electrons. The van der Waals surface area contributed by atoms with Crippen LogP contribution in [-0.4, -0.2) is 16.5 Å². The zero-order valence-electron chi connectivity index (χ0n) is 10.6. The Morgan fingerprint density at radius 2 is 1.95 bits per heavy atom. The molecule has 2 rings (SSSR count). The Morgan fingerprint density at radius 3 is 2.63 bits per heavy atom. The van der Waals surface area contributed by atoms with Gasteiger partial charge in [0.15, 0.2) is 11.6 Å². The van der Waals surface area contributed by atoms with Gasteiger partial charge >= 0.3 is 0 Å². The van der Waals surface area contributed by atoms with E-state index in [0.29, 0.717) is 18.2 Å². The van der Waals surface area contributed by atoms with Gasteiger partial charge in [-0.15, -0.1) is 0 Å². The predicted octanol–water partition coefficient (Wildman–Crippen LogP) is 3.29. The Bertz CT molecular complexity index is 590. The molecule has 0 unspecified atom stereocenters. The number of hydrogen-bond donors (Lipinski definition) is 1. The summed E-state index contributed by atoms with van der Waals surface area (Å²) in [7, 11) is 0. The molecule has 1 N–H and O–H groups in total. The summed E-state index contributed by atoms with van der Waals surface area (Å²) in [5.74, 6) is -0.285. The first-order valence-electron chi connectivity index (χ1n) is 5.81. The Hall–Kier alpha value is -2.24. The maximum atomic E-state index is 13.1. The number of aromatic nitrogens is 2. The standard InChI is InChI=1S/C13H13F2N3O/c1-3-16-12-7-13(18-8(2)17-12)19-9-4-5-10(14)11(15)6-9/h4-7H,3H2,1-2H3,(H,16,17,18). The van der Waals surface area contributed by atoms with Crippen LogP contribution in [0.15, 0.2) is 24.3 Å². The van der Waals surface area contributed by atoms with Gasteiger partial charge in [-0.05, 0) is 26.0 Å². The molecule has 6 heteroatoms. The number of halogens is 2. The van der Waals surface area contributed by atoms with Crippen molar-refractivity contribution in [2.45, 2.75) is 13.8 Å². The van der Waals surface area contributed by atoms with Crippen LogP contribution in [0.4, 0.5) is 14.6 Å². The third-order valence-electron chi connectivity index (χ3n) is 2.29. The molecule has 0 saturated heterocycles. The maximum absolute atomic E-state index is 13.1. The largest absolute Gasteiger partial charge is 0.439 e. The lowest BCUT2D eigenvalue weighted by molar-refractivity contribution is 0.445. The van der Waals surface area contributed by atoms with Crippen molar-refractivity contribution in [2.24, 2.45) is 0 Å². The summed E-state index contributed by atoms with van der Waals surface area (Å²) < 4.78 is 31.2. The number of benzene rings is 1. The highest BCUT2D eigenvalue weighted by Crippen LogP contribution is 2.23. The fourth-order valence-corrected chi connectivity index (χ4v) is 1.53. The average Bonchev–Trinajstić information content (AvgIpc) is 2.33. The van der Waals surface area contributed by atoms with Crippen LogP contribution in [0.25, 0.3) is 0 Å². The molecule has 0 fully saturated rings. The molecule has 1 aromatic heterocycles. The van der Waals surface area contributed by atoms with Crippen LogP contribution in [0.5, 0.6) is 11.6 Å². The minimum absolute atomic E-state index is 0.180. The lowest BCUT2D eigenvalue weighted by Crippen LogP contribution is -2.02. The second-order valence-electron chi connectivity index (χ2n) is 3.85. The van der Waals surface area contributed by atoms with Gasteiger partial charge in [-0.1, -0.05) is 0 Å². The van der Waals surface area contributed by atoms with Gasteiger partial charge in [0.2, 0.25) is 5.88 Å². The third-order valence-corrected chi connectivity index (χ3v) is 2.29. The van der Waals surface area contributed by atoms with E-state index < -0.39 is 11.6 Å². The lowest BCUT2D eigenvalue weighted by atomic mass is 10.3.